The van der Waals surface area contributed by atoms with Gasteiger partial charge in [-0.3, -0.25) is 0 Å². The van der Waals surface area contributed by atoms with E-state index in [1.807, 2.05) is 43.3 Å². The van der Waals surface area contributed by atoms with Crippen LogP contribution in [-0.2, 0) is 0 Å². The third kappa shape index (κ3) is 2.45. The molecule has 0 aliphatic carbocycles. The van der Waals surface area contributed by atoms with Crippen molar-refractivity contribution >= 4 is 0 Å². The number of hydrogen-bond donors (Lipinski definition) is 1. The molecule has 3 heteroatoms. The van der Waals surface area contributed by atoms with Gasteiger partial charge in [0.1, 0.15) is 0 Å². The quantitative estimate of drug-likeness (QED) is 0.878. The minimum atomic E-state index is 0.0554. The lowest BCUT2D eigenvalue weighted by molar-refractivity contribution is 0.399. The normalized spacial score (nSPS) is 12.2. The van der Waals surface area contributed by atoms with Crippen LogP contribution in [-0.4, -0.2) is 12.1 Å². The number of ether oxygens (including phenoxy) is 1. The van der Waals surface area contributed by atoms with Crippen molar-refractivity contribution in [2.75, 3.05) is 7.11 Å². The molecule has 0 saturated carbocycles. The van der Waals surface area contributed by atoms with Crippen molar-refractivity contribution in [1.82, 2.24) is 4.98 Å². The first-order valence-electron chi connectivity index (χ1n) is 5.57. The summed E-state index contributed by atoms with van der Waals surface area (Å²) in [6, 6.07) is 12.1. The predicted molar refractivity (Wildman–Crippen MR) is 68.8 cm³/mol. The molecule has 2 rings (SSSR count). The fourth-order valence-electron chi connectivity index (χ4n) is 1.74. The van der Waals surface area contributed by atoms with E-state index >= 15 is 0 Å². The molecule has 1 heterocycles. The first kappa shape index (κ1) is 11.6. The molecule has 0 aliphatic rings. The van der Waals surface area contributed by atoms with Gasteiger partial charge in [-0.1, -0.05) is 24.3 Å². The third-order valence-electron chi connectivity index (χ3n) is 2.71. The van der Waals surface area contributed by atoms with Gasteiger partial charge in [0.05, 0.1) is 7.11 Å². The molecule has 0 amide bonds. The summed E-state index contributed by atoms with van der Waals surface area (Å²) in [5.74, 6) is 0.640. The van der Waals surface area contributed by atoms with E-state index in [9.17, 15) is 0 Å². The standard InChI is InChI=1S/C14H16N2O/c1-10(15)11-5-7-12(8-6-11)13-4-3-9-16-14(13)17-2/h3-10H,15H2,1-2H3. The Morgan fingerprint density at radius 1 is 1.18 bits per heavy atom. The second kappa shape index (κ2) is 4.97. The van der Waals surface area contributed by atoms with Gasteiger partial charge in [-0.2, -0.15) is 0 Å². The Kier molecular flexibility index (Phi) is 3.40. The number of hydrogen-bond acceptors (Lipinski definition) is 3. The first-order chi connectivity index (χ1) is 8.22. The zero-order valence-corrected chi connectivity index (χ0v) is 10.1. The molecule has 1 aromatic carbocycles. The Hall–Kier alpha value is -1.87. The molecule has 2 aromatic rings. The van der Waals surface area contributed by atoms with Crippen LogP contribution in [0.2, 0.25) is 0 Å². The molecule has 0 fully saturated rings. The van der Waals surface area contributed by atoms with Crippen molar-refractivity contribution in [2.24, 2.45) is 5.73 Å². The van der Waals surface area contributed by atoms with Gasteiger partial charge in [0.2, 0.25) is 5.88 Å². The summed E-state index contributed by atoms with van der Waals surface area (Å²) in [6.45, 7) is 1.97. The van der Waals surface area contributed by atoms with Crippen molar-refractivity contribution in [3.8, 4) is 17.0 Å². The number of nitrogens with two attached hydrogens (primary N) is 1. The van der Waals surface area contributed by atoms with Crippen LogP contribution < -0.4 is 10.5 Å². The monoisotopic (exact) mass is 228 g/mol. The number of nitrogens with zero attached hydrogens (tertiary/aromatic N) is 1. The summed E-state index contributed by atoms with van der Waals surface area (Å²) in [5.41, 5.74) is 9.02. The first-order valence-corrected chi connectivity index (χ1v) is 5.57. The van der Waals surface area contributed by atoms with Crippen molar-refractivity contribution in [3.05, 3.63) is 48.2 Å². The summed E-state index contributed by atoms with van der Waals surface area (Å²) in [5, 5.41) is 0. The van der Waals surface area contributed by atoms with E-state index in [-0.39, 0.29) is 6.04 Å². The lowest BCUT2D eigenvalue weighted by atomic mass is 10.0. The van der Waals surface area contributed by atoms with Crippen LogP contribution in [0.5, 0.6) is 5.88 Å². The highest BCUT2D eigenvalue weighted by Crippen LogP contribution is 2.28. The fourth-order valence-corrected chi connectivity index (χ4v) is 1.74. The highest BCUT2D eigenvalue weighted by molar-refractivity contribution is 5.68. The van der Waals surface area contributed by atoms with E-state index in [4.69, 9.17) is 10.5 Å². The van der Waals surface area contributed by atoms with Crippen molar-refractivity contribution in [1.29, 1.82) is 0 Å². The smallest absolute Gasteiger partial charge is 0.221 e. The number of methoxy groups -OCH3 is 1. The van der Waals surface area contributed by atoms with Crippen LogP contribution in [0.4, 0.5) is 0 Å². The molecule has 0 radical (unpaired) electrons. The van der Waals surface area contributed by atoms with E-state index in [1.54, 1.807) is 13.3 Å². The number of aromatic nitrogens is 1. The largest absolute Gasteiger partial charge is 0.481 e. The van der Waals surface area contributed by atoms with Gasteiger partial charge < -0.3 is 10.5 Å². The molecule has 3 nitrogen and oxygen atoms in total. The van der Waals surface area contributed by atoms with Gasteiger partial charge in [-0.25, -0.2) is 4.98 Å². The Labute approximate surface area is 101 Å². The molecule has 1 unspecified atom stereocenters. The van der Waals surface area contributed by atoms with Crippen LogP contribution in [0.25, 0.3) is 11.1 Å². The second-order valence-electron chi connectivity index (χ2n) is 3.97. The summed E-state index contributed by atoms with van der Waals surface area (Å²) in [4.78, 5) is 4.18. The van der Waals surface area contributed by atoms with E-state index in [0.29, 0.717) is 5.88 Å². The predicted octanol–water partition coefficient (Wildman–Crippen LogP) is 2.78. The van der Waals surface area contributed by atoms with Crippen LogP contribution in [0.1, 0.15) is 18.5 Å². The van der Waals surface area contributed by atoms with E-state index < -0.39 is 0 Å². The maximum Gasteiger partial charge on any atom is 0.221 e. The van der Waals surface area contributed by atoms with Crippen molar-refractivity contribution in [2.45, 2.75) is 13.0 Å². The average Bonchev–Trinajstić information content (AvgIpc) is 2.39. The van der Waals surface area contributed by atoms with E-state index in [0.717, 1.165) is 16.7 Å². The summed E-state index contributed by atoms with van der Waals surface area (Å²) in [7, 11) is 1.63. The molecule has 0 bridgehead atoms. The zero-order chi connectivity index (χ0) is 12.3. The van der Waals surface area contributed by atoms with Gasteiger partial charge >= 0.3 is 0 Å². The number of pyridine rings is 1. The molecule has 17 heavy (non-hydrogen) atoms. The molecule has 1 aromatic heterocycles. The SMILES string of the molecule is COc1ncccc1-c1ccc(C(C)N)cc1. The Bertz CT molecular complexity index is 492. The van der Waals surface area contributed by atoms with E-state index in [1.165, 1.54) is 0 Å². The topological polar surface area (TPSA) is 48.1 Å². The molecule has 2 N–H and O–H groups in total. The van der Waals surface area contributed by atoms with Gasteiger partial charge in [-0.15, -0.1) is 0 Å². The van der Waals surface area contributed by atoms with Crippen molar-refractivity contribution in [3.63, 3.8) is 0 Å². The lowest BCUT2D eigenvalue weighted by Gasteiger charge is -2.09. The molecular formula is C14H16N2O. The maximum atomic E-state index is 5.82. The maximum absolute atomic E-state index is 5.82. The average molecular weight is 228 g/mol. The minimum absolute atomic E-state index is 0.0554. The van der Waals surface area contributed by atoms with Crippen molar-refractivity contribution < 1.29 is 4.74 Å². The Morgan fingerprint density at radius 2 is 1.88 bits per heavy atom. The molecule has 0 saturated heterocycles. The van der Waals surface area contributed by atoms with Crippen LogP contribution in [0.15, 0.2) is 42.6 Å². The summed E-state index contributed by atoms with van der Waals surface area (Å²) >= 11 is 0. The molecule has 0 aliphatic heterocycles. The third-order valence-corrected chi connectivity index (χ3v) is 2.71. The van der Waals surface area contributed by atoms with Gasteiger partial charge in [0.15, 0.2) is 0 Å². The van der Waals surface area contributed by atoms with Gasteiger partial charge in [-0.05, 0) is 30.2 Å². The van der Waals surface area contributed by atoms with Gasteiger partial charge in [0, 0.05) is 17.8 Å². The minimum Gasteiger partial charge on any atom is -0.481 e. The summed E-state index contributed by atoms with van der Waals surface area (Å²) in [6.07, 6.45) is 1.72. The lowest BCUT2D eigenvalue weighted by Crippen LogP contribution is -2.04. The van der Waals surface area contributed by atoms with Gasteiger partial charge in [0.25, 0.3) is 0 Å². The highest BCUT2D eigenvalue weighted by atomic mass is 16.5. The van der Waals surface area contributed by atoms with E-state index in [2.05, 4.69) is 4.98 Å². The van der Waals surface area contributed by atoms with Crippen LogP contribution in [0.3, 0.4) is 0 Å². The fraction of sp³-hybridized carbons (Fsp3) is 0.214. The molecule has 88 valence electrons. The number of rotatable bonds is 3. The molecule has 1 atom stereocenters. The molecular weight excluding hydrogens is 212 g/mol. The zero-order valence-electron chi connectivity index (χ0n) is 10.1. The van der Waals surface area contributed by atoms with Crippen LogP contribution >= 0.6 is 0 Å². The molecule has 0 spiro atoms. The number of benzene rings is 1. The Balaban J connectivity index is 2.40. The highest BCUT2D eigenvalue weighted by Gasteiger charge is 2.06. The Morgan fingerprint density at radius 3 is 2.47 bits per heavy atom. The van der Waals surface area contributed by atoms with Crippen LogP contribution in [0, 0.1) is 0 Å². The summed E-state index contributed by atoms with van der Waals surface area (Å²) < 4.78 is 5.24. The second-order valence-corrected chi connectivity index (χ2v) is 3.97.